The fourth-order valence-electron chi connectivity index (χ4n) is 1.11. The minimum absolute atomic E-state index is 0. The van der Waals surface area contributed by atoms with Gasteiger partial charge < -0.3 is 10.0 Å². The maximum absolute atomic E-state index is 11.8. The molecule has 0 bridgehead atoms. The first-order valence-corrected chi connectivity index (χ1v) is 4.36. The molecule has 0 aliphatic heterocycles. The van der Waals surface area contributed by atoms with Crippen molar-refractivity contribution in [1.29, 1.82) is 0 Å². The van der Waals surface area contributed by atoms with Crippen molar-refractivity contribution in [2.75, 3.05) is 19.6 Å². The van der Waals surface area contributed by atoms with Crippen molar-refractivity contribution < 1.29 is 35.1 Å². The molecule has 14 heavy (non-hydrogen) atoms. The average molecular weight is 258 g/mol. The van der Waals surface area contributed by atoms with Crippen molar-refractivity contribution in [3.63, 3.8) is 0 Å². The van der Waals surface area contributed by atoms with Gasteiger partial charge in [0, 0.05) is 23.3 Å². The van der Waals surface area contributed by atoms with Crippen molar-refractivity contribution in [3.8, 4) is 0 Å². The van der Waals surface area contributed by atoms with E-state index < -0.39 is 18.7 Å². The first-order chi connectivity index (χ1) is 5.89. The SMILES string of the molecule is CCN(CC)CC(O)CC(F)(F)F.[Co]. The second-order valence-electron chi connectivity index (χ2n) is 2.96. The van der Waals surface area contributed by atoms with Gasteiger partial charge in [0.1, 0.15) is 0 Å². The van der Waals surface area contributed by atoms with E-state index in [0.717, 1.165) is 0 Å². The van der Waals surface area contributed by atoms with Gasteiger partial charge in [-0.15, -0.1) is 0 Å². The molecule has 0 fully saturated rings. The van der Waals surface area contributed by atoms with Crippen molar-refractivity contribution >= 4 is 0 Å². The predicted molar refractivity (Wildman–Crippen MR) is 44.5 cm³/mol. The van der Waals surface area contributed by atoms with Gasteiger partial charge in [0.15, 0.2) is 0 Å². The predicted octanol–water partition coefficient (Wildman–Crippen LogP) is 1.64. The van der Waals surface area contributed by atoms with Crippen LogP contribution in [-0.4, -0.2) is 41.9 Å². The Morgan fingerprint density at radius 1 is 1.21 bits per heavy atom. The number of hydrogen-bond acceptors (Lipinski definition) is 2. The fraction of sp³-hybridized carbons (Fsp3) is 1.00. The smallest absolute Gasteiger partial charge is 0.391 e. The van der Waals surface area contributed by atoms with Crippen LogP contribution < -0.4 is 0 Å². The van der Waals surface area contributed by atoms with Crippen LogP contribution in [0.3, 0.4) is 0 Å². The summed E-state index contributed by atoms with van der Waals surface area (Å²) < 4.78 is 35.4. The second-order valence-corrected chi connectivity index (χ2v) is 2.96. The number of nitrogens with zero attached hydrogens (tertiary/aromatic N) is 1. The van der Waals surface area contributed by atoms with Crippen LogP contribution in [-0.2, 0) is 16.8 Å². The van der Waals surface area contributed by atoms with Crippen LogP contribution in [0.4, 0.5) is 13.2 Å². The molecule has 0 aliphatic carbocycles. The molecule has 0 heterocycles. The molecule has 1 radical (unpaired) electrons. The van der Waals surface area contributed by atoms with E-state index in [4.69, 9.17) is 5.11 Å². The molecule has 0 aromatic heterocycles. The molecule has 2 nitrogen and oxygen atoms in total. The molecule has 0 aromatic carbocycles. The third-order valence-corrected chi connectivity index (χ3v) is 1.83. The first kappa shape index (κ1) is 16.6. The first-order valence-electron chi connectivity index (χ1n) is 4.36. The normalized spacial score (nSPS) is 13.9. The molecule has 6 heteroatoms. The Kier molecular flexibility index (Phi) is 8.91. The molecule has 0 aromatic rings. The monoisotopic (exact) mass is 258 g/mol. The zero-order chi connectivity index (χ0) is 10.5. The number of rotatable bonds is 5. The van der Waals surface area contributed by atoms with E-state index in [-0.39, 0.29) is 23.3 Å². The summed E-state index contributed by atoms with van der Waals surface area (Å²) in [6.07, 6.45) is -6.70. The Hall–Kier alpha value is 0.216. The van der Waals surface area contributed by atoms with Crippen LogP contribution in [0.2, 0.25) is 0 Å². The summed E-state index contributed by atoms with van der Waals surface area (Å²) in [7, 11) is 0. The molecule has 0 saturated heterocycles. The van der Waals surface area contributed by atoms with Gasteiger partial charge in [-0.3, -0.25) is 0 Å². The molecule has 0 saturated carbocycles. The van der Waals surface area contributed by atoms with Crippen LogP contribution in [0.15, 0.2) is 0 Å². The van der Waals surface area contributed by atoms with Crippen LogP contribution >= 0.6 is 0 Å². The summed E-state index contributed by atoms with van der Waals surface area (Å²) in [6.45, 7) is 5.11. The maximum Gasteiger partial charge on any atom is 0.391 e. The van der Waals surface area contributed by atoms with Crippen LogP contribution in [0, 0.1) is 0 Å². The Labute approximate surface area is 92.7 Å². The van der Waals surface area contributed by atoms with Gasteiger partial charge in [-0.2, -0.15) is 13.2 Å². The minimum Gasteiger partial charge on any atom is -0.391 e. The van der Waals surface area contributed by atoms with Crippen LogP contribution in [0.25, 0.3) is 0 Å². The quantitative estimate of drug-likeness (QED) is 0.810. The molecule has 0 aliphatic rings. The van der Waals surface area contributed by atoms with Gasteiger partial charge in [-0.25, -0.2) is 0 Å². The van der Waals surface area contributed by atoms with Gasteiger partial charge in [0.2, 0.25) is 0 Å². The third-order valence-electron chi connectivity index (χ3n) is 1.83. The van der Waals surface area contributed by atoms with E-state index in [1.165, 1.54) is 0 Å². The summed E-state index contributed by atoms with van der Waals surface area (Å²) >= 11 is 0. The number of halogens is 3. The van der Waals surface area contributed by atoms with Crippen molar-refractivity contribution in [3.05, 3.63) is 0 Å². The number of aliphatic hydroxyl groups excluding tert-OH is 1. The van der Waals surface area contributed by atoms with Crippen LogP contribution in [0.1, 0.15) is 20.3 Å². The molecule has 1 atom stereocenters. The Morgan fingerprint density at radius 2 is 1.64 bits per heavy atom. The topological polar surface area (TPSA) is 23.5 Å². The van der Waals surface area contributed by atoms with Gasteiger partial charge in [0.25, 0.3) is 0 Å². The molecular formula is C8H16CoF3NO. The fourth-order valence-corrected chi connectivity index (χ4v) is 1.11. The summed E-state index contributed by atoms with van der Waals surface area (Å²) in [5.74, 6) is 0. The zero-order valence-electron chi connectivity index (χ0n) is 8.27. The Bertz CT molecular complexity index is 139. The van der Waals surface area contributed by atoms with E-state index in [1.54, 1.807) is 4.90 Å². The third kappa shape index (κ3) is 8.80. The molecule has 89 valence electrons. The largest absolute Gasteiger partial charge is 0.391 e. The van der Waals surface area contributed by atoms with Crippen molar-refractivity contribution in [2.45, 2.75) is 32.5 Å². The number of alkyl halides is 3. The molecule has 1 N–H and O–H groups in total. The standard InChI is InChI=1S/C8H16F3NO.Co/c1-3-12(4-2)6-7(13)5-8(9,10)11;/h7,13H,3-6H2,1-2H3;. The zero-order valence-corrected chi connectivity index (χ0v) is 9.31. The van der Waals surface area contributed by atoms with Gasteiger partial charge in [-0.1, -0.05) is 13.8 Å². The Balaban J connectivity index is 0. The molecule has 0 spiro atoms. The van der Waals surface area contributed by atoms with Gasteiger partial charge in [0.05, 0.1) is 12.5 Å². The van der Waals surface area contributed by atoms with E-state index >= 15 is 0 Å². The van der Waals surface area contributed by atoms with Crippen molar-refractivity contribution in [2.24, 2.45) is 0 Å². The van der Waals surface area contributed by atoms with Crippen molar-refractivity contribution in [1.82, 2.24) is 4.90 Å². The summed E-state index contributed by atoms with van der Waals surface area (Å²) in [4.78, 5) is 1.76. The summed E-state index contributed by atoms with van der Waals surface area (Å²) in [6, 6.07) is 0. The number of likely N-dealkylation sites (N-methyl/N-ethyl adjacent to an activating group) is 1. The van der Waals surface area contributed by atoms with E-state index in [9.17, 15) is 13.2 Å². The number of aliphatic hydroxyl groups is 1. The molecule has 0 rings (SSSR count). The molecule has 1 unspecified atom stereocenters. The van der Waals surface area contributed by atoms with Gasteiger partial charge >= 0.3 is 6.18 Å². The Morgan fingerprint density at radius 3 is 1.93 bits per heavy atom. The van der Waals surface area contributed by atoms with E-state index in [1.807, 2.05) is 13.8 Å². The second kappa shape index (κ2) is 7.50. The maximum atomic E-state index is 11.8. The minimum atomic E-state index is -4.27. The molecule has 0 amide bonds. The van der Waals surface area contributed by atoms with E-state index in [0.29, 0.717) is 13.1 Å². The molecular weight excluding hydrogens is 242 g/mol. The van der Waals surface area contributed by atoms with Crippen LogP contribution in [0.5, 0.6) is 0 Å². The number of hydrogen-bond donors (Lipinski definition) is 1. The van der Waals surface area contributed by atoms with E-state index in [2.05, 4.69) is 0 Å². The van der Waals surface area contributed by atoms with Gasteiger partial charge in [-0.05, 0) is 13.1 Å². The average Bonchev–Trinajstić information content (AvgIpc) is 1.96. The summed E-state index contributed by atoms with van der Waals surface area (Å²) in [5.41, 5.74) is 0. The summed E-state index contributed by atoms with van der Waals surface area (Å²) in [5, 5.41) is 9.06.